The lowest BCUT2D eigenvalue weighted by Crippen LogP contribution is -2.27. The number of carbonyl (C=O) groups is 1. The van der Waals surface area contributed by atoms with Crippen LogP contribution in [0.25, 0.3) is 0 Å². The highest BCUT2D eigenvalue weighted by Gasteiger charge is 2.33. The average molecular weight is 356 g/mol. The fourth-order valence-corrected chi connectivity index (χ4v) is 1.88. The van der Waals surface area contributed by atoms with Crippen molar-refractivity contribution in [1.82, 2.24) is 0 Å². The molecule has 0 aromatic heterocycles. The summed E-state index contributed by atoms with van der Waals surface area (Å²) in [6, 6.07) is 3.54. The summed E-state index contributed by atoms with van der Waals surface area (Å²) in [6.45, 7) is 3.61. The van der Waals surface area contributed by atoms with Crippen LogP contribution in [0, 0.1) is 5.92 Å². The number of carbonyl (C=O) groups excluding carboxylic acids is 1. The van der Waals surface area contributed by atoms with Gasteiger partial charge in [0.25, 0.3) is 0 Å². The number of hydrogen-bond acceptors (Lipinski definition) is 2. The third-order valence-electron chi connectivity index (χ3n) is 2.44. The molecular weight excluding hydrogens is 343 g/mol. The summed E-state index contributed by atoms with van der Waals surface area (Å²) >= 11 is 6.95. The number of halogens is 4. The summed E-state index contributed by atoms with van der Waals surface area (Å²) in [5, 5.41) is 1.86. The van der Waals surface area contributed by atoms with Crippen LogP contribution in [0.1, 0.15) is 19.4 Å². The first kappa shape index (κ1) is 16.4. The topological polar surface area (TPSA) is 29.1 Å². The maximum atomic E-state index is 12.7. The minimum atomic E-state index is -4.47. The predicted octanol–water partition coefficient (Wildman–Crippen LogP) is 4.36. The van der Waals surface area contributed by atoms with Gasteiger partial charge in [0.05, 0.1) is 10.8 Å². The Balaban J connectivity index is 2.95. The molecule has 1 unspecified atom stereocenters. The van der Waals surface area contributed by atoms with Gasteiger partial charge >= 0.3 is 6.18 Å². The van der Waals surface area contributed by atoms with Crippen molar-refractivity contribution in [3.8, 4) is 0 Å². The molecule has 0 heterocycles. The van der Waals surface area contributed by atoms with Crippen LogP contribution in [-0.4, -0.2) is 11.2 Å². The molecule has 1 aromatic rings. The van der Waals surface area contributed by atoms with Gasteiger partial charge in [-0.25, -0.2) is 0 Å². The van der Waals surface area contributed by atoms with Gasteiger partial charge in [-0.1, -0.05) is 29.8 Å². The molecule has 0 fully saturated rings. The molecule has 1 amide bonds. The van der Waals surface area contributed by atoms with Crippen molar-refractivity contribution in [2.75, 3.05) is 5.32 Å². The molecule has 0 bridgehead atoms. The molecule has 0 saturated heterocycles. The molecule has 1 aromatic carbocycles. The predicted molar refractivity (Wildman–Crippen MR) is 75.4 cm³/mol. The number of benzene rings is 1. The lowest BCUT2D eigenvalue weighted by Gasteiger charge is -2.16. The Morgan fingerprint density at radius 1 is 1.37 bits per heavy atom. The summed E-state index contributed by atoms with van der Waals surface area (Å²) in [6.07, 6.45) is -4.47. The lowest BCUT2D eigenvalue weighted by molar-refractivity contribution is -0.138. The molecule has 0 aliphatic rings. The van der Waals surface area contributed by atoms with Crippen LogP contribution in [-0.2, 0) is 11.0 Å². The number of hydrogen-bond donors (Lipinski definition) is 2. The lowest BCUT2D eigenvalue weighted by atomic mass is 10.1. The van der Waals surface area contributed by atoms with Gasteiger partial charge in [0.2, 0.25) is 5.91 Å². The smallest absolute Gasteiger partial charge is 0.325 e. The summed E-state index contributed by atoms with van der Waals surface area (Å²) < 4.78 is 38.0. The van der Waals surface area contributed by atoms with Gasteiger partial charge in [-0.05, 0) is 24.1 Å². The molecule has 2 nitrogen and oxygen atoms in total. The van der Waals surface area contributed by atoms with Gasteiger partial charge in [-0.15, -0.1) is 0 Å². The minimum Gasteiger partial charge on any atom is -0.325 e. The van der Waals surface area contributed by atoms with E-state index in [1.165, 1.54) is 12.1 Å². The van der Waals surface area contributed by atoms with Crippen molar-refractivity contribution in [1.29, 1.82) is 0 Å². The molecule has 0 spiro atoms. The van der Waals surface area contributed by atoms with Crippen LogP contribution in [0.15, 0.2) is 22.7 Å². The molecule has 1 atom stereocenters. The molecule has 1 rings (SSSR count). The molecule has 1 N–H and O–H groups in total. The Morgan fingerprint density at radius 2 is 1.95 bits per heavy atom. The van der Waals surface area contributed by atoms with Gasteiger partial charge in [-0.3, -0.25) is 4.79 Å². The van der Waals surface area contributed by atoms with Crippen molar-refractivity contribution in [3.05, 3.63) is 28.2 Å². The van der Waals surface area contributed by atoms with E-state index in [9.17, 15) is 18.0 Å². The van der Waals surface area contributed by atoms with Crippen molar-refractivity contribution >= 4 is 40.2 Å². The zero-order valence-electron chi connectivity index (χ0n) is 10.3. The monoisotopic (exact) mass is 355 g/mol. The van der Waals surface area contributed by atoms with E-state index in [0.29, 0.717) is 0 Å². The molecule has 106 valence electrons. The number of rotatable bonds is 3. The molecule has 19 heavy (non-hydrogen) atoms. The fourth-order valence-electron chi connectivity index (χ4n) is 1.34. The number of nitrogens with one attached hydrogen (secondary N) is 1. The molecular formula is C12H13BrF3NOS. The maximum Gasteiger partial charge on any atom is 0.417 e. The van der Waals surface area contributed by atoms with Gasteiger partial charge in [0.15, 0.2) is 0 Å². The van der Waals surface area contributed by atoms with Gasteiger partial charge in [0.1, 0.15) is 0 Å². The van der Waals surface area contributed by atoms with Crippen LogP contribution >= 0.6 is 28.6 Å². The van der Waals surface area contributed by atoms with E-state index in [2.05, 4.69) is 33.9 Å². The van der Waals surface area contributed by atoms with E-state index in [1.54, 1.807) is 13.8 Å². The summed E-state index contributed by atoms with van der Waals surface area (Å²) in [4.78, 5) is 11.7. The Morgan fingerprint density at radius 3 is 2.42 bits per heavy atom. The highest BCUT2D eigenvalue weighted by molar-refractivity contribution is 9.10. The number of thiol groups is 1. The van der Waals surface area contributed by atoms with Crippen molar-refractivity contribution < 1.29 is 18.0 Å². The average Bonchev–Trinajstić information content (AvgIpc) is 2.28. The largest absolute Gasteiger partial charge is 0.417 e. The van der Waals surface area contributed by atoms with E-state index in [4.69, 9.17) is 0 Å². The third-order valence-corrected chi connectivity index (χ3v) is 3.96. The van der Waals surface area contributed by atoms with E-state index >= 15 is 0 Å². The first-order valence-corrected chi connectivity index (χ1v) is 6.79. The van der Waals surface area contributed by atoms with Gasteiger partial charge in [-0.2, -0.15) is 25.8 Å². The summed E-state index contributed by atoms with van der Waals surface area (Å²) in [5.74, 6) is -0.436. The second-order valence-corrected chi connectivity index (χ2v) is 5.78. The van der Waals surface area contributed by atoms with Gasteiger partial charge in [0, 0.05) is 10.2 Å². The van der Waals surface area contributed by atoms with Crippen LogP contribution in [0.4, 0.5) is 18.9 Å². The molecule has 0 saturated carbocycles. The Hall–Kier alpha value is -0.690. The van der Waals surface area contributed by atoms with Crippen LogP contribution < -0.4 is 5.32 Å². The van der Waals surface area contributed by atoms with E-state index in [-0.39, 0.29) is 16.1 Å². The third kappa shape index (κ3) is 4.42. The first-order valence-electron chi connectivity index (χ1n) is 5.48. The van der Waals surface area contributed by atoms with Crippen LogP contribution in [0.3, 0.4) is 0 Å². The SMILES string of the molecule is CC(C)C(S)C(=O)Nc1ccc(Br)c(C(F)(F)F)c1. The Bertz CT molecular complexity index is 477. The highest BCUT2D eigenvalue weighted by Crippen LogP contribution is 2.36. The maximum absolute atomic E-state index is 12.7. The second kappa shape index (κ2) is 6.17. The van der Waals surface area contributed by atoms with Gasteiger partial charge < -0.3 is 5.32 Å². The van der Waals surface area contributed by atoms with Crippen LogP contribution in [0.5, 0.6) is 0 Å². The standard InChI is InChI=1S/C12H13BrF3NOS/c1-6(2)10(19)11(18)17-7-3-4-9(13)8(5-7)12(14,15)16/h3-6,10,19H,1-2H3,(H,17,18). The summed E-state index contributed by atoms with van der Waals surface area (Å²) in [7, 11) is 0. The molecule has 7 heteroatoms. The van der Waals surface area contributed by atoms with Crippen LogP contribution in [0.2, 0.25) is 0 Å². The summed E-state index contributed by atoms with van der Waals surface area (Å²) in [5.41, 5.74) is -0.731. The van der Waals surface area contributed by atoms with E-state index in [0.717, 1.165) is 6.07 Å². The highest BCUT2D eigenvalue weighted by atomic mass is 79.9. The second-order valence-electron chi connectivity index (χ2n) is 4.37. The first-order chi connectivity index (χ1) is 8.62. The quantitative estimate of drug-likeness (QED) is 0.775. The Labute approximate surface area is 123 Å². The number of anilines is 1. The van der Waals surface area contributed by atoms with Crippen molar-refractivity contribution in [3.63, 3.8) is 0 Å². The van der Waals surface area contributed by atoms with E-state index in [1.807, 2.05) is 0 Å². The Kier molecular flexibility index (Phi) is 5.32. The zero-order valence-corrected chi connectivity index (χ0v) is 12.7. The van der Waals surface area contributed by atoms with Crippen molar-refractivity contribution in [2.45, 2.75) is 25.3 Å². The van der Waals surface area contributed by atoms with Crippen molar-refractivity contribution in [2.24, 2.45) is 5.92 Å². The number of alkyl halides is 3. The normalized spacial score (nSPS) is 13.5. The molecule has 0 aliphatic carbocycles. The zero-order chi connectivity index (χ0) is 14.8. The van der Waals surface area contributed by atoms with E-state index < -0.39 is 22.9 Å². The fraction of sp³-hybridized carbons (Fsp3) is 0.417. The molecule has 0 radical (unpaired) electrons. The number of amides is 1. The minimum absolute atomic E-state index is 0.0131. The molecule has 0 aliphatic heterocycles.